The Bertz CT molecular complexity index is 1130. The quantitative estimate of drug-likeness (QED) is 0.310. The van der Waals surface area contributed by atoms with Crippen LogP contribution in [0.1, 0.15) is 33.6 Å². The Labute approximate surface area is 233 Å². The summed E-state index contributed by atoms with van der Waals surface area (Å²) in [6.07, 6.45) is -16.9. The van der Waals surface area contributed by atoms with Crippen LogP contribution in [0.5, 0.6) is 0 Å². The number of likely N-dealkylation sites (tertiary alicyclic amines) is 1. The molecule has 1 saturated carbocycles. The molecule has 3 amide bonds. The molecule has 8 nitrogen and oxygen atoms in total. The number of fused-ring (bicyclic) bond motifs is 1. The van der Waals surface area contributed by atoms with Crippen molar-refractivity contribution in [2.24, 2.45) is 28.6 Å². The number of hydrogen-bond acceptors (Lipinski definition) is 5. The number of halogens is 9. The highest BCUT2D eigenvalue weighted by Crippen LogP contribution is 2.77. The molecule has 6 atom stereocenters. The maximum Gasteiger partial charge on any atom is 0.471 e. The number of thiocarbonyl (C=S) groups is 1. The smallest absolute Gasteiger partial charge is 0.379 e. The molecule has 1 aliphatic carbocycles. The normalized spacial score (nSPS) is 27.3. The van der Waals surface area contributed by atoms with Crippen molar-refractivity contribution in [3.63, 3.8) is 0 Å². The van der Waals surface area contributed by atoms with Crippen LogP contribution in [0.15, 0.2) is 0 Å². The van der Waals surface area contributed by atoms with Crippen LogP contribution in [0, 0.1) is 39.9 Å². The Balaban J connectivity index is 2.00. The van der Waals surface area contributed by atoms with E-state index in [9.17, 15) is 59.2 Å². The van der Waals surface area contributed by atoms with Gasteiger partial charge in [0, 0.05) is 30.8 Å². The average Bonchev–Trinajstić information content (AvgIpc) is 3.07. The highest BCUT2D eigenvalue weighted by molar-refractivity contribution is 7.80. The van der Waals surface area contributed by atoms with Gasteiger partial charge in [-0.1, -0.05) is 33.0 Å². The van der Waals surface area contributed by atoms with Crippen LogP contribution in [0.25, 0.3) is 0 Å². The van der Waals surface area contributed by atoms with Crippen molar-refractivity contribution in [2.75, 3.05) is 13.1 Å². The zero-order chi connectivity index (χ0) is 31.5. The molecule has 3 fully saturated rings. The van der Waals surface area contributed by atoms with E-state index in [0.717, 1.165) is 0 Å². The molecule has 0 aromatic heterocycles. The van der Waals surface area contributed by atoms with E-state index in [-0.39, 0.29) is 6.42 Å². The summed E-state index contributed by atoms with van der Waals surface area (Å²) in [5.41, 5.74) is -5.87. The first kappa shape index (κ1) is 32.7. The maximum absolute atomic E-state index is 14.0. The minimum absolute atomic E-state index is 0.126. The largest absolute Gasteiger partial charge is 0.471 e. The molecule has 230 valence electrons. The first-order chi connectivity index (χ1) is 18.5. The Morgan fingerprint density at radius 3 is 2.05 bits per heavy atom. The van der Waals surface area contributed by atoms with E-state index >= 15 is 0 Å². The molecule has 2 aliphatic heterocycles. The molecule has 41 heavy (non-hydrogen) atoms. The van der Waals surface area contributed by atoms with Gasteiger partial charge >= 0.3 is 24.4 Å². The van der Waals surface area contributed by atoms with Gasteiger partial charge < -0.3 is 20.9 Å². The molecular weight excluding hydrogens is 597 g/mol. The van der Waals surface area contributed by atoms with Crippen molar-refractivity contribution in [1.29, 1.82) is 5.26 Å². The van der Waals surface area contributed by atoms with Gasteiger partial charge in [0.25, 0.3) is 0 Å². The first-order valence-corrected chi connectivity index (χ1v) is 12.7. The van der Waals surface area contributed by atoms with E-state index in [1.807, 2.05) is 0 Å². The number of alkyl halides is 9. The van der Waals surface area contributed by atoms with Gasteiger partial charge in [-0.25, -0.2) is 0 Å². The summed E-state index contributed by atoms with van der Waals surface area (Å²) >= 11 is 5.09. The minimum atomic E-state index is -5.89. The third-order valence-corrected chi connectivity index (χ3v) is 8.27. The number of rotatable bonds is 6. The molecule has 3 N–H and O–H groups in total. The number of piperidine rings is 1. The molecule has 0 unspecified atom stereocenters. The number of nitrogens with zero attached hydrogens (tertiary/aromatic N) is 2. The Hall–Kier alpha value is -2.84. The summed E-state index contributed by atoms with van der Waals surface area (Å²) in [5.74, 6) is -10.8. The van der Waals surface area contributed by atoms with E-state index in [4.69, 9.17) is 12.2 Å². The van der Waals surface area contributed by atoms with Gasteiger partial charge in [0.1, 0.15) is 18.1 Å². The van der Waals surface area contributed by atoms with Crippen LogP contribution in [0.4, 0.5) is 39.5 Å². The Morgan fingerprint density at radius 1 is 1.07 bits per heavy atom. The van der Waals surface area contributed by atoms with Crippen LogP contribution >= 0.6 is 12.2 Å². The van der Waals surface area contributed by atoms with Gasteiger partial charge in [0.2, 0.25) is 11.8 Å². The lowest BCUT2D eigenvalue weighted by Crippen LogP contribution is -2.62. The van der Waals surface area contributed by atoms with Crippen molar-refractivity contribution in [3.05, 3.63) is 0 Å². The predicted octanol–water partition coefficient (Wildman–Crippen LogP) is 2.98. The van der Waals surface area contributed by atoms with Crippen LogP contribution in [0.3, 0.4) is 0 Å². The minimum Gasteiger partial charge on any atom is -0.379 e. The fourth-order valence-electron chi connectivity index (χ4n) is 5.81. The SMILES string of the molecule is CC(C)(C)[C@H](NC(=O)C(F)(F)F)C(=O)N1C[C@H]2[C@@H]([C@H]1C(=O)N[C@H](C#N)C[C@@H]1CCNC1=S)C2(C(F)(F)F)C(F)(F)F. The first-order valence-electron chi connectivity index (χ1n) is 12.3. The van der Waals surface area contributed by atoms with Gasteiger partial charge in [-0.15, -0.1) is 0 Å². The zero-order valence-corrected chi connectivity index (χ0v) is 22.5. The lowest BCUT2D eigenvalue weighted by atomic mass is 9.84. The molecule has 0 bridgehead atoms. The molecular formula is C23H26F9N5O3S. The topological polar surface area (TPSA) is 114 Å². The van der Waals surface area contributed by atoms with E-state index in [1.54, 1.807) is 6.07 Å². The summed E-state index contributed by atoms with van der Waals surface area (Å²) in [7, 11) is 0. The standard InChI is InChI=1S/C23H26F9N5O3S/c1-19(2,3)14(36-18(40)21(24,25)26)17(39)37-8-11-12(20(11,22(27,28)29)23(30,31)32)13(37)15(38)35-10(7-33)6-9-4-5-34-16(9)41/h9-14H,4-6,8H2,1-3H3,(H,34,41)(H,35,38)(H,36,40)/t9-,10-,11-,12-,13-,14+/m0/s1. The molecule has 0 radical (unpaired) electrons. The summed E-state index contributed by atoms with van der Waals surface area (Å²) in [6, 6.07) is -4.25. The van der Waals surface area contributed by atoms with Gasteiger partial charge in [0.05, 0.1) is 11.1 Å². The molecule has 2 saturated heterocycles. The Morgan fingerprint density at radius 2 is 1.63 bits per heavy atom. The second kappa shape index (κ2) is 10.5. The summed E-state index contributed by atoms with van der Waals surface area (Å²) in [5, 5.41) is 15.9. The third kappa shape index (κ3) is 5.78. The van der Waals surface area contributed by atoms with Crippen molar-refractivity contribution in [3.8, 4) is 6.07 Å². The van der Waals surface area contributed by atoms with E-state index in [2.05, 4.69) is 10.6 Å². The highest BCUT2D eigenvalue weighted by atomic mass is 32.1. The lowest BCUT2D eigenvalue weighted by molar-refractivity contribution is -0.314. The summed E-state index contributed by atoms with van der Waals surface area (Å²) < 4.78 is 123. The van der Waals surface area contributed by atoms with Gasteiger partial charge in [-0.05, 0) is 18.3 Å². The van der Waals surface area contributed by atoms with Gasteiger partial charge in [-0.2, -0.15) is 44.8 Å². The summed E-state index contributed by atoms with van der Waals surface area (Å²) in [6.45, 7) is 2.79. The number of carbonyl (C=O) groups is 3. The van der Waals surface area contributed by atoms with Crippen LogP contribution in [0.2, 0.25) is 0 Å². The number of hydrogen-bond donors (Lipinski definition) is 3. The monoisotopic (exact) mass is 623 g/mol. The molecule has 0 aromatic rings. The average molecular weight is 624 g/mol. The van der Waals surface area contributed by atoms with Crippen molar-refractivity contribution in [1.82, 2.24) is 20.9 Å². The fraction of sp³-hybridized carbons (Fsp3) is 0.783. The van der Waals surface area contributed by atoms with Crippen LogP contribution in [-0.2, 0) is 14.4 Å². The fourth-order valence-corrected chi connectivity index (χ4v) is 6.12. The predicted molar refractivity (Wildman–Crippen MR) is 125 cm³/mol. The van der Waals surface area contributed by atoms with Crippen molar-refractivity contribution < 1.29 is 53.9 Å². The number of nitrogens with one attached hydrogen (secondary N) is 3. The molecule has 3 rings (SSSR count). The molecule has 0 aromatic carbocycles. The van der Waals surface area contributed by atoms with E-state index < -0.39 is 89.5 Å². The molecule has 2 heterocycles. The summed E-state index contributed by atoms with van der Waals surface area (Å²) in [4.78, 5) is 39.1. The van der Waals surface area contributed by atoms with Gasteiger partial charge in [0.15, 0.2) is 5.41 Å². The van der Waals surface area contributed by atoms with Crippen molar-refractivity contribution >= 4 is 34.9 Å². The van der Waals surface area contributed by atoms with Gasteiger partial charge in [-0.3, -0.25) is 14.4 Å². The maximum atomic E-state index is 14.0. The van der Waals surface area contributed by atoms with Crippen LogP contribution in [-0.4, -0.2) is 77.4 Å². The highest BCUT2D eigenvalue weighted by Gasteiger charge is 2.93. The molecule has 3 aliphatic rings. The number of amides is 3. The second-order valence-corrected chi connectivity index (χ2v) is 11.8. The lowest BCUT2D eigenvalue weighted by Gasteiger charge is -2.39. The third-order valence-electron chi connectivity index (χ3n) is 7.80. The second-order valence-electron chi connectivity index (χ2n) is 11.4. The van der Waals surface area contributed by atoms with Crippen molar-refractivity contribution in [2.45, 2.75) is 70.3 Å². The number of nitriles is 1. The van der Waals surface area contributed by atoms with E-state index in [0.29, 0.717) is 22.9 Å². The number of carbonyl (C=O) groups excluding carboxylic acids is 3. The Kier molecular flexibility index (Phi) is 8.33. The molecule has 18 heteroatoms. The van der Waals surface area contributed by atoms with Crippen LogP contribution < -0.4 is 16.0 Å². The zero-order valence-electron chi connectivity index (χ0n) is 21.7. The molecule has 0 spiro atoms. The van der Waals surface area contributed by atoms with E-state index in [1.165, 1.54) is 26.1 Å².